The van der Waals surface area contributed by atoms with Crippen molar-refractivity contribution in [1.82, 2.24) is 9.80 Å². The molecule has 1 aromatic heterocycles. The number of rotatable bonds is 3. The summed E-state index contributed by atoms with van der Waals surface area (Å²) in [6, 6.07) is 4.17. The van der Waals surface area contributed by atoms with Crippen LogP contribution in [0.4, 0.5) is 0 Å². The molecular formula is C12H20N2O2. The molecule has 90 valence electrons. The van der Waals surface area contributed by atoms with Crippen molar-refractivity contribution in [2.75, 3.05) is 33.3 Å². The SMILES string of the molecule is CN1CCCN(Cc2ccco2)CC1CO. The van der Waals surface area contributed by atoms with Gasteiger partial charge in [0.15, 0.2) is 0 Å². The molecule has 0 spiro atoms. The molecule has 1 aliphatic heterocycles. The first kappa shape index (κ1) is 11.6. The molecule has 4 nitrogen and oxygen atoms in total. The first-order chi connectivity index (χ1) is 7.79. The van der Waals surface area contributed by atoms with Crippen LogP contribution in [0.25, 0.3) is 0 Å². The van der Waals surface area contributed by atoms with Gasteiger partial charge >= 0.3 is 0 Å². The smallest absolute Gasteiger partial charge is 0.117 e. The standard InChI is InChI=1S/C12H20N2O2/c1-13-5-3-6-14(8-11(13)10-15)9-12-4-2-7-16-12/h2,4,7,11,15H,3,5-6,8-10H2,1H3. The van der Waals surface area contributed by atoms with Crippen LogP contribution in [0.15, 0.2) is 22.8 Å². The molecule has 0 radical (unpaired) electrons. The Labute approximate surface area is 96.5 Å². The maximum Gasteiger partial charge on any atom is 0.117 e. The van der Waals surface area contributed by atoms with Crippen molar-refractivity contribution in [2.24, 2.45) is 0 Å². The van der Waals surface area contributed by atoms with Gasteiger partial charge in [0.05, 0.1) is 19.4 Å². The van der Waals surface area contributed by atoms with Crippen molar-refractivity contribution >= 4 is 0 Å². The van der Waals surface area contributed by atoms with Crippen LogP contribution in [0.3, 0.4) is 0 Å². The Bertz CT molecular complexity index is 300. The minimum Gasteiger partial charge on any atom is -0.468 e. The predicted octanol–water partition coefficient (Wildman–Crippen LogP) is 0.778. The largest absolute Gasteiger partial charge is 0.468 e. The predicted molar refractivity (Wildman–Crippen MR) is 62.1 cm³/mol. The van der Waals surface area contributed by atoms with Crippen molar-refractivity contribution in [3.8, 4) is 0 Å². The van der Waals surface area contributed by atoms with Gasteiger partial charge in [-0.15, -0.1) is 0 Å². The minimum absolute atomic E-state index is 0.227. The van der Waals surface area contributed by atoms with Crippen LogP contribution in [0, 0.1) is 0 Å². The molecule has 0 bridgehead atoms. The molecule has 1 atom stereocenters. The fraction of sp³-hybridized carbons (Fsp3) is 0.667. The highest BCUT2D eigenvalue weighted by Crippen LogP contribution is 2.12. The molecule has 2 rings (SSSR count). The number of aliphatic hydroxyl groups excluding tert-OH is 1. The summed E-state index contributed by atoms with van der Waals surface area (Å²) in [5.41, 5.74) is 0. The summed E-state index contributed by atoms with van der Waals surface area (Å²) >= 11 is 0. The summed E-state index contributed by atoms with van der Waals surface area (Å²) < 4.78 is 5.35. The second-order valence-electron chi connectivity index (χ2n) is 4.49. The third-order valence-electron chi connectivity index (χ3n) is 3.25. The normalized spacial score (nSPS) is 24.5. The molecule has 0 aromatic carbocycles. The lowest BCUT2D eigenvalue weighted by Gasteiger charge is -2.26. The first-order valence-electron chi connectivity index (χ1n) is 5.85. The zero-order valence-corrected chi connectivity index (χ0v) is 9.80. The van der Waals surface area contributed by atoms with Crippen LogP contribution >= 0.6 is 0 Å². The molecule has 1 N–H and O–H groups in total. The van der Waals surface area contributed by atoms with Gasteiger partial charge in [-0.1, -0.05) is 0 Å². The summed E-state index contributed by atoms with van der Waals surface area (Å²) in [4.78, 5) is 4.59. The topological polar surface area (TPSA) is 39.9 Å². The lowest BCUT2D eigenvalue weighted by molar-refractivity contribution is 0.126. The van der Waals surface area contributed by atoms with Crippen LogP contribution in [-0.2, 0) is 6.54 Å². The molecule has 16 heavy (non-hydrogen) atoms. The van der Waals surface area contributed by atoms with E-state index in [1.54, 1.807) is 6.26 Å². The van der Waals surface area contributed by atoms with E-state index in [0.717, 1.165) is 38.4 Å². The van der Waals surface area contributed by atoms with E-state index in [4.69, 9.17) is 4.42 Å². The summed E-state index contributed by atoms with van der Waals surface area (Å²) in [6.45, 7) is 4.11. The fourth-order valence-corrected chi connectivity index (χ4v) is 2.22. The fourth-order valence-electron chi connectivity index (χ4n) is 2.22. The highest BCUT2D eigenvalue weighted by atomic mass is 16.3. The zero-order chi connectivity index (χ0) is 11.4. The van der Waals surface area contributed by atoms with Crippen LogP contribution in [0.1, 0.15) is 12.2 Å². The van der Waals surface area contributed by atoms with E-state index in [1.165, 1.54) is 0 Å². The molecule has 1 aliphatic rings. The van der Waals surface area contributed by atoms with Gasteiger partial charge in [-0.2, -0.15) is 0 Å². The molecule has 0 amide bonds. The second-order valence-corrected chi connectivity index (χ2v) is 4.49. The molecule has 2 heterocycles. The van der Waals surface area contributed by atoms with Gasteiger partial charge in [-0.25, -0.2) is 0 Å². The summed E-state index contributed by atoms with van der Waals surface area (Å²) in [5, 5.41) is 9.34. The average molecular weight is 224 g/mol. The van der Waals surface area contributed by atoms with Gasteiger partial charge in [-0.3, -0.25) is 9.80 Å². The number of likely N-dealkylation sites (N-methyl/N-ethyl adjacent to an activating group) is 1. The third-order valence-corrected chi connectivity index (χ3v) is 3.25. The van der Waals surface area contributed by atoms with Crippen LogP contribution in [0.5, 0.6) is 0 Å². The van der Waals surface area contributed by atoms with Crippen LogP contribution in [0.2, 0.25) is 0 Å². The van der Waals surface area contributed by atoms with E-state index in [0.29, 0.717) is 0 Å². The molecule has 4 heteroatoms. The summed E-state index contributed by atoms with van der Waals surface area (Å²) in [6.07, 6.45) is 2.86. The Hall–Kier alpha value is -0.840. The van der Waals surface area contributed by atoms with E-state index in [9.17, 15) is 5.11 Å². The molecular weight excluding hydrogens is 204 g/mol. The van der Waals surface area contributed by atoms with Crippen molar-refractivity contribution in [3.63, 3.8) is 0 Å². The van der Waals surface area contributed by atoms with E-state index >= 15 is 0 Å². The molecule has 1 aromatic rings. The number of furan rings is 1. The Morgan fingerprint density at radius 1 is 1.50 bits per heavy atom. The van der Waals surface area contributed by atoms with E-state index < -0.39 is 0 Å². The van der Waals surface area contributed by atoms with Gasteiger partial charge in [0.25, 0.3) is 0 Å². The zero-order valence-electron chi connectivity index (χ0n) is 9.80. The number of aliphatic hydroxyl groups is 1. The lowest BCUT2D eigenvalue weighted by Crippen LogP contribution is -2.41. The lowest BCUT2D eigenvalue weighted by atomic mass is 10.2. The van der Waals surface area contributed by atoms with Crippen molar-refractivity contribution in [3.05, 3.63) is 24.2 Å². The Morgan fingerprint density at radius 2 is 2.38 bits per heavy atom. The second kappa shape index (κ2) is 5.48. The Morgan fingerprint density at radius 3 is 3.06 bits per heavy atom. The average Bonchev–Trinajstić information content (AvgIpc) is 2.71. The van der Waals surface area contributed by atoms with Crippen LogP contribution in [-0.4, -0.2) is 54.2 Å². The number of hydrogen-bond donors (Lipinski definition) is 1. The summed E-state index contributed by atoms with van der Waals surface area (Å²) in [5.74, 6) is 1.00. The third kappa shape index (κ3) is 2.84. The Balaban J connectivity index is 1.94. The van der Waals surface area contributed by atoms with E-state index in [-0.39, 0.29) is 12.6 Å². The number of nitrogens with zero attached hydrogens (tertiary/aromatic N) is 2. The van der Waals surface area contributed by atoms with E-state index in [2.05, 4.69) is 16.8 Å². The summed E-state index contributed by atoms with van der Waals surface area (Å²) in [7, 11) is 2.08. The van der Waals surface area contributed by atoms with Crippen molar-refractivity contribution < 1.29 is 9.52 Å². The van der Waals surface area contributed by atoms with Gasteiger partial charge < -0.3 is 9.52 Å². The molecule has 0 aliphatic carbocycles. The van der Waals surface area contributed by atoms with Gasteiger partial charge in [0, 0.05) is 12.6 Å². The highest BCUT2D eigenvalue weighted by Gasteiger charge is 2.21. The number of hydrogen-bond acceptors (Lipinski definition) is 4. The monoisotopic (exact) mass is 224 g/mol. The molecule has 0 saturated carbocycles. The Kier molecular flexibility index (Phi) is 3.98. The van der Waals surface area contributed by atoms with Gasteiger partial charge in [0.1, 0.15) is 5.76 Å². The maximum absolute atomic E-state index is 9.34. The van der Waals surface area contributed by atoms with Crippen molar-refractivity contribution in [1.29, 1.82) is 0 Å². The highest BCUT2D eigenvalue weighted by molar-refractivity contribution is 4.98. The molecule has 1 fully saturated rings. The van der Waals surface area contributed by atoms with Crippen molar-refractivity contribution in [2.45, 2.75) is 19.0 Å². The molecule has 1 unspecified atom stereocenters. The first-order valence-corrected chi connectivity index (χ1v) is 5.85. The maximum atomic E-state index is 9.34. The van der Waals surface area contributed by atoms with E-state index in [1.807, 2.05) is 12.1 Å². The van der Waals surface area contributed by atoms with Gasteiger partial charge in [0.2, 0.25) is 0 Å². The quantitative estimate of drug-likeness (QED) is 0.823. The van der Waals surface area contributed by atoms with Crippen LogP contribution < -0.4 is 0 Å². The molecule has 1 saturated heterocycles. The minimum atomic E-state index is 0.227. The van der Waals surface area contributed by atoms with Gasteiger partial charge in [-0.05, 0) is 38.7 Å².